The molecular formula is C19H23N5O2. The maximum Gasteiger partial charge on any atom is 0.225 e. The first-order valence-electron chi connectivity index (χ1n) is 8.82. The largest absolute Gasteiger partial charge is 0.481 e. The zero-order chi connectivity index (χ0) is 18.3. The van der Waals surface area contributed by atoms with Gasteiger partial charge in [-0.2, -0.15) is 9.97 Å². The highest BCUT2D eigenvalue weighted by Crippen LogP contribution is 2.45. The van der Waals surface area contributed by atoms with Crippen molar-refractivity contribution in [1.29, 1.82) is 0 Å². The molecular weight excluding hydrogens is 330 g/mol. The van der Waals surface area contributed by atoms with Gasteiger partial charge in [0.15, 0.2) is 0 Å². The molecule has 0 spiro atoms. The van der Waals surface area contributed by atoms with E-state index in [1.54, 1.807) is 14.0 Å². The van der Waals surface area contributed by atoms with Crippen LogP contribution in [0.25, 0.3) is 0 Å². The minimum absolute atomic E-state index is 0.102. The van der Waals surface area contributed by atoms with Gasteiger partial charge in [0.05, 0.1) is 13.2 Å². The fourth-order valence-corrected chi connectivity index (χ4v) is 4.33. The Bertz CT molecular complexity index is 813. The first-order valence-corrected chi connectivity index (χ1v) is 8.82. The van der Waals surface area contributed by atoms with Gasteiger partial charge in [0.25, 0.3) is 0 Å². The third-order valence-electron chi connectivity index (χ3n) is 5.45. The number of likely N-dealkylation sites (tertiary alicyclic amines) is 1. The van der Waals surface area contributed by atoms with E-state index in [1.807, 2.05) is 29.2 Å². The quantitative estimate of drug-likeness (QED) is 0.904. The molecule has 3 atom stereocenters. The summed E-state index contributed by atoms with van der Waals surface area (Å²) in [5.74, 6) is 2.36. The number of amides is 1. The number of ether oxygens (including phenoxy) is 1. The van der Waals surface area contributed by atoms with Crippen molar-refractivity contribution >= 4 is 17.7 Å². The number of carbonyl (C=O) groups excluding carboxylic acids is 1. The van der Waals surface area contributed by atoms with Crippen LogP contribution in [-0.2, 0) is 4.79 Å². The standard InChI is InChI=1S/C19H23N5O2/c1-12(25)24-10-14-9-23(16-8-17(26-2)22-19(20)21-16)11-15(14)18(24)13-6-4-3-5-7-13/h3-8,14-15,18H,9-11H2,1-2H3,(H2,20,21,22)/t14-,15-,18-/m1/s1. The van der Waals surface area contributed by atoms with Crippen LogP contribution in [0.5, 0.6) is 5.88 Å². The predicted octanol–water partition coefficient (Wildman–Crippen LogP) is 1.72. The van der Waals surface area contributed by atoms with E-state index in [-0.39, 0.29) is 17.9 Å². The SMILES string of the molecule is COc1cc(N2C[C@@H]3CN(C(C)=O)[C@H](c4ccccc4)[C@@H]3C2)nc(N)n1. The minimum Gasteiger partial charge on any atom is -0.481 e. The first-order chi connectivity index (χ1) is 12.6. The summed E-state index contributed by atoms with van der Waals surface area (Å²) in [6.07, 6.45) is 0. The molecule has 2 aliphatic heterocycles. The van der Waals surface area contributed by atoms with Crippen molar-refractivity contribution in [2.75, 3.05) is 37.4 Å². The van der Waals surface area contributed by atoms with Crippen molar-refractivity contribution in [2.45, 2.75) is 13.0 Å². The molecule has 2 saturated heterocycles. The second-order valence-electron chi connectivity index (χ2n) is 6.98. The Morgan fingerprint density at radius 1 is 1.19 bits per heavy atom. The number of hydrogen-bond acceptors (Lipinski definition) is 6. The third kappa shape index (κ3) is 2.83. The van der Waals surface area contributed by atoms with Crippen molar-refractivity contribution < 1.29 is 9.53 Å². The summed E-state index contributed by atoms with van der Waals surface area (Å²) in [5, 5.41) is 0. The Kier molecular flexibility index (Phi) is 4.14. The van der Waals surface area contributed by atoms with Gasteiger partial charge in [-0.1, -0.05) is 30.3 Å². The lowest BCUT2D eigenvalue weighted by Crippen LogP contribution is -2.34. The van der Waals surface area contributed by atoms with Crippen LogP contribution in [-0.4, -0.2) is 47.5 Å². The molecule has 2 aliphatic rings. The number of carbonyl (C=O) groups is 1. The maximum atomic E-state index is 12.2. The number of hydrogen-bond donors (Lipinski definition) is 1. The highest BCUT2D eigenvalue weighted by Gasteiger charge is 2.48. The smallest absolute Gasteiger partial charge is 0.225 e. The van der Waals surface area contributed by atoms with Gasteiger partial charge in [-0.15, -0.1) is 0 Å². The molecule has 26 heavy (non-hydrogen) atoms. The normalized spacial score (nSPS) is 24.6. The van der Waals surface area contributed by atoms with E-state index in [4.69, 9.17) is 10.5 Å². The molecule has 0 aliphatic carbocycles. The molecule has 1 aromatic carbocycles. The number of fused-ring (bicyclic) bond motifs is 1. The van der Waals surface area contributed by atoms with Crippen LogP contribution in [0.3, 0.4) is 0 Å². The molecule has 1 aromatic heterocycles. The molecule has 4 rings (SSSR count). The minimum atomic E-state index is 0.102. The fourth-order valence-electron chi connectivity index (χ4n) is 4.33. The van der Waals surface area contributed by atoms with Gasteiger partial charge in [-0.3, -0.25) is 4.79 Å². The highest BCUT2D eigenvalue weighted by atomic mass is 16.5. The summed E-state index contributed by atoms with van der Waals surface area (Å²) in [4.78, 5) is 24.9. The Labute approximate surface area is 152 Å². The molecule has 0 radical (unpaired) electrons. The van der Waals surface area contributed by atoms with Crippen molar-refractivity contribution in [1.82, 2.24) is 14.9 Å². The zero-order valence-electron chi connectivity index (χ0n) is 15.0. The van der Waals surface area contributed by atoms with Crippen molar-refractivity contribution in [2.24, 2.45) is 11.8 Å². The molecule has 0 unspecified atom stereocenters. The van der Waals surface area contributed by atoms with Crippen LogP contribution >= 0.6 is 0 Å². The van der Waals surface area contributed by atoms with Gasteiger partial charge in [-0.25, -0.2) is 0 Å². The lowest BCUT2D eigenvalue weighted by atomic mass is 9.89. The van der Waals surface area contributed by atoms with Gasteiger partial charge >= 0.3 is 0 Å². The van der Waals surface area contributed by atoms with Crippen LogP contribution in [0.2, 0.25) is 0 Å². The summed E-state index contributed by atoms with van der Waals surface area (Å²) in [7, 11) is 1.57. The zero-order valence-corrected chi connectivity index (χ0v) is 15.0. The molecule has 136 valence electrons. The third-order valence-corrected chi connectivity index (χ3v) is 5.45. The average molecular weight is 353 g/mol. The summed E-state index contributed by atoms with van der Waals surface area (Å²) in [6.45, 7) is 4.10. The van der Waals surface area contributed by atoms with Gasteiger partial charge in [0, 0.05) is 44.5 Å². The Hall–Kier alpha value is -2.83. The van der Waals surface area contributed by atoms with E-state index in [0.29, 0.717) is 17.7 Å². The van der Waals surface area contributed by atoms with Crippen LogP contribution in [0, 0.1) is 11.8 Å². The van der Waals surface area contributed by atoms with E-state index in [2.05, 4.69) is 27.0 Å². The molecule has 2 fully saturated rings. The maximum absolute atomic E-state index is 12.2. The molecule has 1 amide bonds. The number of nitrogens with zero attached hydrogens (tertiary/aromatic N) is 4. The highest BCUT2D eigenvalue weighted by molar-refractivity contribution is 5.74. The van der Waals surface area contributed by atoms with Gasteiger partial charge in [0.2, 0.25) is 17.7 Å². The number of methoxy groups -OCH3 is 1. The number of rotatable bonds is 3. The van der Waals surface area contributed by atoms with Crippen LogP contribution in [0.15, 0.2) is 36.4 Å². The van der Waals surface area contributed by atoms with Crippen molar-refractivity contribution in [3.63, 3.8) is 0 Å². The average Bonchev–Trinajstić information content (AvgIpc) is 3.19. The molecule has 2 aromatic rings. The van der Waals surface area contributed by atoms with Crippen molar-refractivity contribution in [3.8, 4) is 5.88 Å². The Morgan fingerprint density at radius 2 is 1.96 bits per heavy atom. The molecule has 3 heterocycles. The van der Waals surface area contributed by atoms with E-state index in [9.17, 15) is 4.79 Å². The lowest BCUT2D eigenvalue weighted by molar-refractivity contribution is -0.130. The second-order valence-corrected chi connectivity index (χ2v) is 6.98. The van der Waals surface area contributed by atoms with Gasteiger partial charge in [0.1, 0.15) is 5.82 Å². The first kappa shape index (κ1) is 16.6. The second kappa shape index (κ2) is 6.48. The van der Waals surface area contributed by atoms with E-state index >= 15 is 0 Å². The number of aromatic nitrogens is 2. The van der Waals surface area contributed by atoms with E-state index < -0.39 is 0 Å². The summed E-state index contributed by atoms with van der Waals surface area (Å²) >= 11 is 0. The Morgan fingerprint density at radius 3 is 2.65 bits per heavy atom. The van der Waals surface area contributed by atoms with E-state index in [1.165, 1.54) is 5.56 Å². The lowest BCUT2D eigenvalue weighted by Gasteiger charge is -2.29. The molecule has 0 saturated carbocycles. The van der Waals surface area contributed by atoms with Gasteiger partial charge in [-0.05, 0) is 5.56 Å². The molecule has 7 nitrogen and oxygen atoms in total. The van der Waals surface area contributed by atoms with Gasteiger partial charge < -0.3 is 20.3 Å². The predicted molar refractivity (Wildman–Crippen MR) is 98.8 cm³/mol. The van der Waals surface area contributed by atoms with Crippen LogP contribution < -0.4 is 15.4 Å². The number of nitrogens with two attached hydrogens (primary N) is 1. The van der Waals surface area contributed by atoms with E-state index in [0.717, 1.165) is 25.5 Å². The Balaban J connectivity index is 1.63. The molecule has 0 bridgehead atoms. The summed E-state index contributed by atoms with van der Waals surface area (Å²) < 4.78 is 5.22. The fraction of sp³-hybridized carbons (Fsp3) is 0.421. The number of benzene rings is 1. The number of nitrogen functional groups attached to an aromatic ring is 1. The topological polar surface area (TPSA) is 84.6 Å². The summed E-state index contributed by atoms with van der Waals surface area (Å²) in [5.41, 5.74) is 7.01. The van der Waals surface area contributed by atoms with Crippen LogP contribution in [0.4, 0.5) is 11.8 Å². The molecule has 7 heteroatoms. The summed E-state index contributed by atoms with van der Waals surface area (Å²) in [6, 6.07) is 12.2. The van der Waals surface area contributed by atoms with Crippen molar-refractivity contribution in [3.05, 3.63) is 42.0 Å². The monoisotopic (exact) mass is 353 g/mol. The number of anilines is 2. The van der Waals surface area contributed by atoms with Crippen LogP contribution in [0.1, 0.15) is 18.5 Å². The molecule has 2 N–H and O–H groups in total.